The molecule has 0 saturated carbocycles. The average Bonchev–Trinajstić information content (AvgIpc) is 2.26. The molecule has 0 aliphatic heterocycles. The van der Waals surface area contributed by atoms with Gasteiger partial charge in [-0.2, -0.15) is 0 Å². The van der Waals surface area contributed by atoms with Crippen LogP contribution in [0, 0.1) is 10.8 Å². The Morgan fingerprint density at radius 2 is 1.84 bits per heavy atom. The predicted octanol–water partition coefficient (Wildman–Crippen LogP) is 4.13. The summed E-state index contributed by atoms with van der Waals surface area (Å²) in [4.78, 5) is 16.5. The first-order valence-corrected chi connectivity index (χ1v) is 6.74. The summed E-state index contributed by atoms with van der Waals surface area (Å²) in [6.07, 6.45) is 2.57. The molecule has 0 aliphatic rings. The molecule has 0 radical (unpaired) electrons. The van der Waals surface area contributed by atoms with Gasteiger partial charge in [-0.05, 0) is 24.0 Å². The first-order valence-electron chi connectivity index (χ1n) is 6.74. The van der Waals surface area contributed by atoms with Crippen LogP contribution in [0.4, 0.5) is 0 Å². The second kappa shape index (κ2) is 5.72. The van der Waals surface area contributed by atoms with Crippen molar-refractivity contribution in [2.24, 2.45) is 10.8 Å². The third-order valence-corrected chi connectivity index (χ3v) is 2.78. The van der Waals surface area contributed by atoms with Crippen LogP contribution in [0.1, 0.15) is 58.5 Å². The van der Waals surface area contributed by atoms with E-state index < -0.39 is 5.41 Å². The maximum atomic E-state index is 12.3. The molecule has 0 N–H and O–H groups in total. The van der Waals surface area contributed by atoms with Crippen molar-refractivity contribution in [3.05, 3.63) is 24.0 Å². The van der Waals surface area contributed by atoms with Crippen molar-refractivity contribution in [2.75, 3.05) is 6.61 Å². The highest BCUT2D eigenvalue weighted by Crippen LogP contribution is 2.26. The van der Waals surface area contributed by atoms with Gasteiger partial charge < -0.3 is 4.74 Å². The second-order valence-corrected chi connectivity index (χ2v) is 7.09. The van der Waals surface area contributed by atoms with Gasteiger partial charge in [-0.15, -0.1) is 0 Å². The van der Waals surface area contributed by atoms with E-state index in [4.69, 9.17) is 4.74 Å². The number of pyridine rings is 1. The molecule has 3 nitrogen and oxygen atoms in total. The molecular weight excluding hydrogens is 238 g/mol. The lowest BCUT2D eigenvalue weighted by atomic mass is 9.88. The topological polar surface area (TPSA) is 39.2 Å². The fraction of sp³-hybridized carbons (Fsp3) is 0.625. The number of carbonyl (C=O) groups is 1. The third kappa shape index (κ3) is 5.01. The molecule has 0 aliphatic carbocycles. The molecule has 0 aromatic carbocycles. The molecule has 19 heavy (non-hydrogen) atoms. The Labute approximate surface area is 116 Å². The van der Waals surface area contributed by atoms with E-state index in [1.54, 1.807) is 12.3 Å². The lowest BCUT2D eigenvalue weighted by Gasteiger charge is -2.20. The van der Waals surface area contributed by atoms with Gasteiger partial charge in [0.15, 0.2) is 5.78 Å². The molecule has 1 rings (SSSR count). The van der Waals surface area contributed by atoms with Crippen LogP contribution >= 0.6 is 0 Å². The van der Waals surface area contributed by atoms with Crippen LogP contribution in [0.3, 0.4) is 0 Å². The molecule has 0 fully saturated rings. The van der Waals surface area contributed by atoms with Crippen molar-refractivity contribution < 1.29 is 9.53 Å². The Morgan fingerprint density at radius 1 is 1.21 bits per heavy atom. The summed E-state index contributed by atoms with van der Waals surface area (Å²) in [5.74, 6) is 0.602. The van der Waals surface area contributed by atoms with E-state index >= 15 is 0 Å². The first-order chi connectivity index (χ1) is 8.61. The molecule has 0 bridgehead atoms. The molecular formula is C16H25NO2. The minimum absolute atomic E-state index is 0.0128. The van der Waals surface area contributed by atoms with Gasteiger partial charge in [-0.1, -0.05) is 41.5 Å². The van der Waals surface area contributed by atoms with E-state index in [1.807, 2.05) is 26.8 Å². The van der Waals surface area contributed by atoms with Gasteiger partial charge in [0.05, 0.1) is 6.61 Å². The minimum Gasteiger partial charge on any atom is -0.491 e. The zero-order valence-corrected chi connectivity index (χ0v) is 12.9. The van der Waals surface area contributed by atoms with Gasteiger partial charge in [-0.25, -0.2) is 4.98 Å². The zero-order valence-electron chi connectivity index (χ0n) is 12.9. The van der Waals surface area contributed by atoms with Gasteiger partial charge >= 0.3 is 0 Å². The van der Waals surface area contributed by atoms with Crippen LogP contribution in [0.2, 0.25) is 0 Å². The lowest BCUT2D eigenvalue weighted by molar-refractivity contribution is 0.0847. The molecule has 3 heteroatoms. The lowest BCUT2D eigenvalue weighted by Crippen LogP contribution is -2.22. The number of ketones is 1. The summed E-state index contributed by atoms with van der Waals surface area (Å²) >= 11 is 0. The first kappa shape index (κ1) is 15.7. The maximum Gasteiger partial charge on any atom is 0.190 e. The molecule has 0 unspecified atom stereocenters. The number of aromatic nitrogens is 1. The summed E-state index contributed by atoms with van der Waals surface area (Å²) < 4.78 is 5.75. The average molecular weight is 263 g/mol. The Balaban J connectivity index is 2.83. The van der Waals surface area contributed by atoms with Gasteiger partial charge in [0.2, 0.25) is 0 Å². The van der Waals surface area contributed by atoms with Crippen molar-refractivity contribution in [1.82, 2.24) is 4.98 Å². The quantitative estimate of drug-likeness (QED) is 0.767. The number of hydrogen-bond donors (Lipinski definition) is 0. The summed E-state index contributed by atoms with van der Waals surface area (Å²) in [6.45, 7) is 12.8. The zero-order chi connectivity index (χ0) is 14.7. The molecule has 0 spiro atoms. The van der Waals surface area contributed by atoms with Crippen LogP contribution in [-0.2, 0) is 0 Å². The molecule has 106 valence electrons. The Hall–Kier alpha value is -1.38. The number of carbonyl (C=O) groups excluding carboxylic acids is 1. The van der Waals surface area contributed by atoms with Gasteiger partial charge in [0.25, 0.3) is 0 Å². The van der Waals surface area contributed by atoms with E-state index in [9.17, 15) is 4.79 Å². The van der Waals surface area contributed by atoms with E-state index in [1.165, 1.54) is 0 Å². The van der Waals surface area contributed by atoms with Crippen molar-refractivity contribution in [2.45, 2.75) is 48.0 Å². The number of ether oxygens (including phenoxy) is 1. The van der Waals surface area contributed by atoms with Crippen LogP contribution in [0.5, 0.6) is 5.75 Å². The highest BCUT2D eigenvalue weighted by Gasteiger charge is 2.27. The summed E-state index contributed by atoms with van der Waals surface area (Å²) in [6, 6.07) is 3.61. The molecule has 1 aromatic heterocycles. The summed E-state index contributed by atoms with van der Waals surface area (Å²) in [5, 5.41) is 0. The SMILES string of the molecule is CC(C)(C)CCOc1cccnc1C(=O)C(C)(C)C. The van der Waals surface area contributed by atoms with Crippen molar-refractivity contribution in [3.8, 4) is 5.75 Å². The molecule has 0 amide bonds. The van der Waals surface area contributed by atoms with Crippen molar-refractivity contribution >= 4 is 5.78 Å². The van der Waals surface area contributed by atoms with Crippen LogP contribution in [-0.4, -0.2) is 17.4 Å². The maximum absolute atomic E-state index is 12.3. The number of hydrogen-bond acceptors (Lipinski definition) is 3. The molecule has 1 heterocycles. The monoisotopic (exact) mass is 263 g/mol. The van der Waals surface area contributed by atoms with E-state index in [0.717, 1.165) is 6.42 Å². The Kier molecular flexibility index (Phi) is 4.72. The minimum atomic E-state index is -0.448. The van der Waals surface area contributed by atoms with Crippen molar-refractivity contribution in [1.29, 1.82) is 0 Å². The normalized spacial score (nSPS) is 12.3. The van der Waals surface area contributed by atoms with E-state index in [2.05, 4.69) is 25.8 Å². The summed E-state index contributed by atoms with van der Waals surface area (Å²) in [7, 11) is 0. The third-order valence-electron chi connectivity index (χ3n) is 2.78. The number of nitrogens with zero attached hydrogens (tertiary/aromatic N) is 1. The molecule has 0 atom stereocenters. The summed E-state index contributed by atoms with van der Waals surface area (Å²) in [5.41, 5.74) is 0.205. The van der Waals surface area contributed by atoms with Crippen LogP contribution in [0.25, 0.3) is 0 Å². The Morgan fingerprint density at radius 3 is 2.37 bits per heavy atom. The molecule has 0 saturated heterocycles. The van der Waals surface area contributed by atoms with E-state index in [-0.39, 0.29) is 11.2 Å². The van der Waals surface area contributed by atoms with Gasteiger partial charge in [-0.3, -0.25) is 4.79 Å². The second-order valence-electron chi connectivity index (χ2n) is 7.09. The molecule has 1 aromatic rings. The highest BCUT2D eigenvalue weighted by atomic mass is 16.5. The number of Topliss-reactive ketones (excluding diaryl/α,β-unsaturated/α-hetero) is 1. The van der Waals surface area contributed by atoms with Gasteiger partial charge in [0, 0.05) is 11.6 Å². The van der Waals surface area contributed by atoms with Crippen molar-refractivity contribution in [3.63, 3.8) is 0 Å². The smallest absolute Gasteiger partial charge is 0.190 e. The largest absolute Gasteiger partial charge is 0.491 e. The fourth-order valence-corrected chi connectivity index (χ4v) is 1.50. The Bertz CT molecular complexity index is 439. The fourth-order valence-electron chi connectivity index (χ4n) is 1.50. The van der Waals surface area contributed by atoms with Crippen LogP contribution < -0.4 is 4.74 Å². The van der Waals surface area contributed by atoms with Gasteiger partial charge in [0.1, 0.15) is 11.4 Å². The number of rotatable bonds is 4. The predicted molar refractivity (Wildman–Crippen MR) is 77.6 cm³/mol. The van der Waals surface area contributed by atoms with E-state index in [0.29, 0.717) is 18.1 Å². The van der Waals surface area contributed by atoms with Crippen LogP contribution in [0.15, 0.2) is 18.3 Å². The standard InChI is InChI=1S/C16H25NO2/c1-15(2,3)9-11-19-12-8-7-10-17-13(12)14(18)16(4,5)6/h7-8,10H,9,11H2,1-6H3. The highest BCUT2D eigenvalue weighted by molar-refractivity contribution is 6.00.